The molecule has 1 aliphatic rings. The van der Waals surface area contributed by atoms with E-state index in [-0.39, 0.29) is 29.3 Å². The fourth-order valence-electron chi connectivity index (χ4n) is 3.34. The van der Waals surface area contributed by atoms with E-state index in [2.05, 4.69) is 59.9 Å². The lowest BCUT2D eigenvalue weighted by atomic mass is 10.0. The van der Waals surface area contributed by atoms with Crippen molar-refractivity contribution in [2.45, 2.75) is 76.9 Å². The molecule has 1 aromatic carbocycles. The Bertz CT molecular complexity index is 972. The Kier molecular flexibility index (Phi) is 7.68. The van der Waals surface area contributed by atoms with Crippen LogP contribution in [0, 0.1) is 11.6 Å². The summed E-state index contributed by atoms with van der Waals surface area (Å²) in [6.07, 6.45) is 1.51. The molecule has 0 amide bonds. The molecule has 0 spiro atoms. The second-order valence-electron chi connectivity index (χ2n) is 9.64. The molecule has 32 heavy (non-hydrogen) atoms. The molecule has 6 nitrogen and oxygen atoms in total. The van der Waals surface area contributed by atoms with E-state index >= 15 is 0 Å². The predicted molar refractivity (Wildman–Crippen MR) is 123 cm³/mol. The van der Waals surface area contributed by atoms with Crippen LogP contribution in [0.1, 0.15) is 75.0 Å². The molecule has 1 aliphatic heterocycles. The summed E-state index contributed by atoms with van der Waals surface area (Å²) in [4.78, 5) is 17.6. The molecule has 1 aromatic heterocycles. The number of hydrogen-bond acceptors (Lipinski definition) is 5. The number of halogens is 3. The topological polar surface area (TPSA) is 66.2 Å². The lowest BCUT2D eigenvalue weighted by Crippen LogP contribution is -2.42. The minimum Gasteiger partial charge on any atom is -0.409 e. The molecule has 2 aromatic rings. The van der Waals surface area contributed by atoms with E-state index < -0.39 is 26.1 Å². The van der Waals surface area contributed by atoms with Gasteiger partial charge in [-0.1, -0.05) is 26.8 Å². The lowest BCUT2D eigenvalue weighted by Gasteiger charge is -2.39. The van der Waals surface area contributed by atoms with Gasteiger partial charge in [-0.15, -0.1) is 5.10 Å². The largest absolute Gasteiger partial charge is 0.409 e. The van der Waals surface area contributed by atoms with Crippen LogP contribution in [-0.4, -0.2) is 35.5 Å². The lowest BCUT2D eigenvalue weighted by molar-refractivity contribution is -0.0410. The zero-order valence-electron chi connectivity index (χ0n) is 19.1. The average Bonchev–Trinajstić information content (AvgIpc) is 3.11. The van der Waals surface area contributed by atoms with Crippen LogP contribution in [-0.2, 0) is 9.16 Å². The van der Waals surface area contributed by atoms with Crippen LogP contribution in [0.5, 0.6) is 0 Å². The van der Waals surface area contributed by atoms with Gasteiger partial charge in [0.1, 0.15) is 0 Å². The van der Waals surface area contributed by atoms with E-state index in [0.29, 0.717) is 16.9 Å². The summed E-state index contributed by atoms with van der Waals surface area (Å²) in [5.74, 6) is -2.05. The third-order valence-electron chi connectivity index (χ3n) is 6.21. The molecule has 10 heteroatoms. The number of hydrogen-bond donors (Lipinski definition) is 0. The average molecular weight is 530 g/mol. The highest BCUT2D eigenvalue weighted by molar-refractivity contribution is 9.10. The summed E-state index contributed by atoms with van der Waals surface area (Å²) in [5, 5.41) is 4.18. The fraction of sp³-hybridized carbons (Fsp3) is 0.591. The van der Waals surface area contributed by atoms with Gasteiger partial charge in [0.15, 0.2) is 32.0 Å². The number of benzene rings is 1. The highest BCUT2D eigenvalue weighted by atomic mass is 79.9. The number of ether oxygens (including phenoxy) is 1. The zero-order chi connectivity index (χ0) is 23.7. The smallest absolute Gasteiger partial charge is 0.218 e. The van der Waals surface area contributed by atoms with Crippen molar-refractivity contribution in [3.63, 3.8) is 0 Å². The molecule has 0 saturated carbocycles. The zero-order valence-corrected chi connectivity index (χ0v) is 21.7. The number of aromatic nitrogens is 3. The van der Waals surface area contributed by atoms with Gasteiger partial charge in [0.2, 0.25) is 10.5 Å². The molecule has 2 unspecified atom stereocenters. The Balaban J connectivity index is 1.92. The molecule has 1 saturated heterocycles. The summed E-state index contributed by atoms with van der Waals surface area (Å²) in [5.41, 5.74) is 0.418. The Morgan fingerprint density at radius 2 is 2.03 bits per heavy atom. The van der Waals surface area contributed by atoms with E-state index in [0.717, 1.165) is 31.4 Å². The molecule has 2 heterocycles. The molecular formula is C22H30BrF2N3O3Si. The first-order valence-electron chi connectivity index (χ1n) is 10.8. The van der Waals surface area contributed by atoms with E-state index in [1.54, 1.807) is 0 Å². The van der Waals surface area contributed by atoms with E-state index in [1.807, 2.05) is 0 Å². The van der Waals surface area contributed by atoms with Crippen LogP contribution in [0.15, 0.2) is 22.9 Å². The van der Waals surface area contributed by atoms with Gasteiger partial charge >= 0.3 is 0 Å². The highest BCUT2D eigenvalue weighted by Crippen LogP contribution is 2.41. The van der Waals surface area contributed by atoms with Crippen LogP contribution in [0.4, 0.5) is 8.78 Å². The van der Waals surface area contributed by atoms with Crippen LogP contribution in [0.3, 0.4) is 0 Å². The third-order valence-corrected chi connectivity index (χ3v) is 11.0. The van der Waals surface area contributed by atoms with Crippen molar-refractivity contribution in [1.29, 1.82) is 0 Å². The Morgan fingerprint density at radius 1 is 1.31 bits per heavy atom. The molecule has 0 N–H and O–H groups in total. The van der Waals surface area contributed by atoms with Gasteiger partial charge < -0.3 is 9.16 Å². The van der Waals surface area contributed by atoms with Crippen molar-refractivity contribution >= 4 is 30.0 Å². The first kappa shape index (κ1) is 25.1. The van der Waals surface area contributed by atoms with Crippen LogP contribution >= 0.6 is 15.9 Å². The monoisotopic (exact) mass is 529 g/mol. The van der Waals surface area contributed by atoms with E-state index in [9.17, 15) is 13.6 Å². The second-order valence-corrected chi connectivity index (χ2v) is 15.1. The molecule has 0 aliphatic carbocycles. The first-order chi connectivity index (χ1) is 14.9. The quantitative estimate of drug-likeness (QED) is 0.308. The van der Waals surface area contributed by atoms with Crippen LogP contribution < -0.4 is 0 Å². The molecule has 1 fully saturated rings. The molecule has 3 rings (SSSR count). The van der Waals surface area contributed by atoms with Crippen molar-refractivity contribution in [3.05, 3.63) is 46.0 Å². The first-order valence-corrected chi connectivity index (χ1v) is 14.5. The second kappa shape index (κ2) is 9.78. The van der Waals surface area contributed by atoms with Crippen molar-refractivity contribution in [3.8, 4) is 0 Å². The van der Waals surface area contributed by atoms with Crippen LogP contribution in [0.25, 0.3) is 0 Å². The predicted octanol–water partition coefficient (Wildman–Crippen LogP) is 6.35. The van der Waals surface area contributed by atoms with Gasteiger partial charge in [-0.05, 0) is 71.0 Å². The minimum absolute atomic E-state index is 0.0740. The third kappa shape index (κ3) is 5.70. The SMILES string of the molecule is CC(C)(C)[Si](C)(C)OC(CC(=O)c1nc(Br)nn1C1CCCCO1)c1ccc(F)c(F)c1. The van der Waals surface area contributed by atoms with Gasteiger partial charge in [-0.25, -0.2) is 13.5 Å². The molecular weight excluding hydrogens is 500 g/mol. The van der Waals surface area contributed by atoms with Crippen LogP contribution in [0.2, 0.25) is 18.1 Å². The van der Waals surface area contributed by atoms with Crippen molar-refractivity contribution < 1.29 is 22.7 Å². The van der Waals surface area contributed by atoms with Gasteiger partial charge in [-0.2, -0.15) is 4.98 Å². The number of Topliss-reactive ketones (excluding diaryl/α,β-unsaturated/α-hetero) is 1. The van der Waals surface area contributed by atoms with Crippen molar-refractivity contribution in [2.24, 2.45) is 0 Å². The summed E-state index contributed by atoms with van der Waals surface area (Å²) in [6.45, 7) is 11.0. The summed E-state index contributed by atoms with van der Waals surface area (Å²) in [7, 11) is -2.34. The number of carbonyl (C=O) groups excluding carboxylic acids is 1. The van der Waals surface area contributed by atoms with Gasteiger partial charge in [0.25, 0.3) is 0 Å². The fourth-order valence-corrected chi connectivity index (χ4v) is 4.96. The van der Waals surface area contributed by atoms with E-state index in [4.69, 9.17) is 9.16 Å². The van der Waals surface area contributed by atoms with Crippen molar-refractivity contribution in [2.75, 3.05) is 6.61 Å². The summed E-state index contributed by atoms with van der Waals surface area (Å²) >= 11 is 3.26. The van der Waals surface area contributed by atoms with Gasteiger partial charge in [0, 0.05) is 13.0 Å². The number of rotatable bonds is 7. The summed E-state index contributed by atoms with van der Waals surface area (Å²) < 4.78 is 41.7. The molecule has 0 bridgehead atoms. The van der Waals surface area contributed by atoms with Gasteiger partial charge in [-0.3, -0.25) is 4.79 Å². The number of carbonyl (C=O) groups is 1. The van der Waals surface area contributed by atoms with Gasteiger partial charge in [0.05, 0.1) is 6.10 Å². The van der Waals surface area contributed by atoms with Crippen molar-refractivity contribution in [1.82, 2.24) is 14.8 Å². The maximum absolute atomic E-state index is 14.0. The maximum Gasteiger partial charge on any atom is 0.218 e. The number of nitrogens with zero attached hydrogens (tertiary/aromatic N) is 3. The maximum atomic E-state index is 14.0. The Labute approximate surface area is 197 Å². The Hall–Kier alpha value is -1.49. The number of ketones is 1. The minimum atomic E-state index is -2.34. The molecule has 0 radical (unpaired) electrons. The highest BCUT2D eigenvalue weighted by Gasteiger charge is 2.40. The molecule has 2 atom stereocenters. The molecule has 176 valence electrons. The van der Waals surface area contributed by atoms with E-state index in [1.165, 1.54) is 10.7 Å². The normalized spacial score (nSPS) is 18.6. The summed E-state index contributed by atoms with van der Waals surface area (Å²) in [6, 6.07) is 3.63. The standard InChI is InChI=1S/C22H30BrF2N3O3Si/c1-22(2,3)32(4,5)31-18(14-9-10-15(24)16(25)12-14)13-17(29)20-26-21(23)27-28(20)19-8-6-7-11-30-19/h9-10,12,18-19H,6-8,11,13H2,1-5H3. The Morgan fingerprint density at radius 3 is 2.62 bits per heavy atom.